The van der Waals surface area contributed by atoms with Crippen molar-refractivity contribution in [3.63, 3.8) is 0 Å². The Kier molecular flexibility index (Phi) is 3.51. The van der Waals surface area contributed by atoms with E-state index in [9.17, 15) is 0 Å². The van der Waals surface area contributed by atoms with E-state index in [1.54, 1.807) is 11.8 Å². The summed E-state index contributed by atoms with van der Waals surface area (Å²) in [4.78, 5) is 8.98. The molecule has 0 saturated carbocycles. The van der Waals surface area contributed by atoms with Crippen LogP contribution >= 0.6 is 11.8 Å². The maximum atomic E-state index is 4.65. The summed E-state index contributed by atoms with van der Waals surface area (Å²) in [6.07, 6.45) is 2.81. The van der Waals surface area contributed by atoms with Crippen LogP contribution in [0.2, 0.25) is 0 Å². The smallest absolute Gasteiger partial charge is 0.168 e. The molecule has 0 fully saturated rings. The van der Waals surface area contributed by atoms with Crippen molar-refractivity contribution in [1.82, 2.24) is 14.5 Å². The van der Waals surface area contributed by atoms with Gasteiger partial charge in [0.05, 0.1) is 11.0 Å². The zero-order chi connectivity index (χ0) is 13.1. The molecular formula is C15H15N3S. The first-order chi connectivity index (χ1) is 9.34. The van der Waals surface area contributed by atoms with Crippen LogP contribution in [0.15, 0.2) is 53.8 Å². The number of benzene rings is 1. The lowest BCUT2D eigenvalue weighted by Crippen LogP contribution is -1.95. The normalized spacial score (nSPS) is 11.0. The van der Waals surface area contributed by atoms with Crippen molar-refractivity contribution in [2.45, 2.75) is 11.6 Å². The Morgan fingerprint density at radius 1 is 1.11 bits per heavy atom. The minimum atomic E-state index is 0.967. The molecule has 4 heteroatoms. The van der Waals surface area contributed by atoms with Gasteiger partial charge >= 0.3 is 0 Å². The second-order valence-corrected chi connectivity index (χ2v) is 5.42. The van der Waals surface area contributed by atoms with Gasteiger partial charge in [0.1, 0.15) is 0 Å². The first kappa shape index (κ1) is 12.2. The minimum Gasteiger partial charge on any atom is -0.322 e. The Hall–Kier alpha value is -1.81. The van der Waals surface area contributed by atoms with Gasteiger partial charge in [-0.25, -0.2) is 4.98 Å². The molecule has 2 heterocycles. The highest BCUT2D eigenvalue weighted by atomic mass is 32.2. The number of hydrogen-bond acceptors (Lipinski definition) is 3. The Morgan fingerprint density at radius 3 is 2.74 bits per heavy atom. The Morgan fingerprint density at radius 2 is 1.95 bits per heavy atom. The van der Waals surface area contributed by atoms with Gasteiger partial charge in [0.2, 0.25) is 0 Å². The summed E-state index contributed by atoms with van der Waals surface area (Å²) >= 11 is 1.78. The summed E-state index contributed by atoms with van der Waals surface area (Å²) in [5.41, 5.74) is 3.38. The van der Waals surface area contributed by atoms with E-state index in [1.165, 1.54) is 5.52 Å². The van der Waals surface area contributed by atoms with Crippen LogP contribution in [0.5, 0.6) is 0 Å². The number of para-hydroxylation sites is 2. The van der Waals surface area contributed by atoms with Gasteiger partial charge < -0.3 is 4.57 Å². The minimum absolute atomic E-state index is 0.967. The second kappa shape index (κ2) is 5.45. The van der Waals surface area contributed by atoms with E-state index in [0.717, 1.165) is 28.5 Å². The Balaban J connectivity index is 1.70. The van der Waals surface area contributed by atoms with E-state index in [2.05, 4.69) is 39.8 Å². The maximum absolute atomic E-state index is 4.65. The summed E-state index contributed by atoms with van der Waals surface area (Å²) in [6.45, 7) is 0. The number of pyridine rings is 1. The monoisotopic (exact) mass is 269 g/mol. The van der Waals surface area contributed by atoms with Crippen LogP contribution in [0, 0.1) is 0 Å². The lowest BCUT2D eigenvalue weighted by Gasteiger charge is -2.02. The number of imidazole rings is 1. The molecule has 3 nitrogen and oxygen atoms in total. The van der Waals surface area contributed by atoms with Crippen LogP contribution in [0.4, 0.5) is 0 Å². The van der Waals surface area contributed by atoms with Gasteiger partial charge in [-0.2, -0.15) is 0 Å². The third kappa shape index (κ3) is 2.63. The Bertz CT molecular complexity index is 676. The van der Waals surface area contributed by atoms with Crippen molar-refractivity contribution < 1.29 is 0 Å². The lowest BCUT2D eigenvalue weighted by molar-refractivity contribution is 0.814. The van der Waals surface area contributed by atoms with Crippen LogP contribution in [0.3, 0.4) is 0 Å². The number of nitrogens with zero attached hydrogens (tertiary/aromatic N) is 3. The van der Waals surface area contributed by atoms with E-state index >= 15 is 0 Å². The molecule has 1 aromatic carbocycles. The van der Waals surface area contributed by atoms with Crippen molar-refractivity contribution in [2.24, 2.45) is 7.05 Å². The van der Waals surface area contributed by atoms with Crippen molar-refractivity contribution in [1.29, 1.82) is 0 Å². The highest BCUT2D eigenvalue weighted by Crippen LogP contribution is 2.22. The van der Waals surface area contributed by atoms with Gasteiger partial charge in [-0.15, -0.1) is 0 Å². The van der Waals surface area contributed by atoms with Crippen LogP contribution in [-0.4, -0.2) is 20.3 Å². The molecule has 96 valence electrons. The summed E-state index contributed by atoms with van der Waals surface area (Å²) in [7, 11) is 2.07. The fraction of sp³-hybridized carbons (Fsp3) is 0.200. The molecule has 0 N–H and O–H groups in total. The largest absolute Gasteiger partial charge is 0.322 e. The van der Waals surface area contributed by atoms with Crippen LogP contribution < -0.4 is 0 Å². The molecule has 2 aromatic heterocycles. The highest BCUT2D eigenvalue weighted by Gasteiger charge is 2.07. The van der Waals surface area contributed by atoms with Crippen molar-refractivity contribution in [3.05, 3.63) is 54.4 Å². The molecule has 0 aliphatic carbocycles. The van der Waals surface area contributed by atoms with Crippen LogP contribution in [0.1, 0.15) is 5.69 Å². The van der Waals surface area contributed by atoms with E-state index in [1.807, 2.05) is 30.5 Å². The quantitative estimate of drug-likeness (QED) is 0.681. The molecule has 19 heavy (non-hydrogen) atoms. The van der Waals surface area contributed by atoms with Gasteiger partial charge in [-0.3, -0.25) is 4.98 Å². The van der Waals surface area contributed by atoms with Crippen molar-refractivity contribution in [2.75, 3.05) is 5.75 Å². The third-order valence-corrected chi connectivity index (χ3v) is 4.09. The number of aryl methyl sites for hydroxylation is 2. The summed E-state index contributed by atoms with van der Waals surface area (Å²) in [6, 6.07) is 14.3. The third-order valence-electron chi connectivity index (χ3n) is 3.06. The molecule has 0 saturated heterocycles. The summed E-state index contributed by atoms with van der Waals surface area (Å²) < 4.78 is 2.15. The van der Waals surface area contributed by atoms with Gasteiger partial charge in [-0.05, 0) is 30.7 Å². The zero-order valence-electron chi connectivity index (χ0n) is 10.8. The molecule has 3 aromatic rings. The second-order valence-electron chi connectivity index (χ2n) is 4.36. The highest BCUT2D eigenvalue weighted by molar-refractivity contribution is 7.99. The van der Waals surface area contributed by atoms with Gasteiger partial charge in [0.25, 0.3) is 0 Å². The molecule has 3 rings (SSSR count). The number of thioether (sulfide) groups is 1. The average molecular weight is 269 g/mol. The van der Waals surface area contributed by atoms with Gasteiger partial charge in [0.15, 0.2) is 5.16 Å². The lowest BCUT2D eigenvalue weighted by atomic mass is 10.3. The standard InChI is InChI=1S/C15H15N3S/c1-18-14-8-3-2-7-13(14)17-15(18)19-11-9-12-6-4-5-10-16-12/h2-8,10H,9,11H2,1H3. The number of rotatable bonds is 4. The Labute approximate surface area is 116 Å². The SMILES string of the molecule is Cn1c(SCCc2ccccn2)nc2ccccc21. The van der Waals surface area contributed by atoms with E-state index < -0.39 is 0 Å². The van der Waals surface area contributed by atoms with Crippen LogP contribution in [0.25, 0.3) is 11.0 Å². The molecule has 0 bridgehead atoms. The van der Waals surface area contributed by atoms with Crippen LogP contribution in [-0.2, 0) is 13.5 Å². The molecule has 0 unspecified atom stereocenters. The van der Waals surface area contributed by atoms with Crippen molar-refractivity contribution in [3.8, 4) is 0 Å². The number of fused-ring (bicyclic) bond motifs is 1. The number of hydrogen-bond donors (Lipinski definition) is 0. The fourth-order valence-corrected chi connectivity index (χ4v) is 2.99. The van der Waals surface area contributed by atoms with E-state index in [0.29, 0.717) is 0 Å². The maximum Gasteiger partial charge on any atom is 0.168 e. The molecule has 0 atom stereocenters. The summed E-state index contributed by atoms with van der Waals surface area (Å²) in [5.74, 6) is 0.994. The van der Waals surface area contributed by atoms with E-state index in [-0.39, 0.29) is 0 Å². The fourth-order valence-electron chi connectivity index (χ4n) is 2.05. The van der Waals surface area contributed by atoms with Crippen molar-refractivity contribution >= 4 is 22.8 Å². The van der Waals surface area contributed by atoms with Gasteiger partial charge in [0, 0.05) is 24.7 Å². The van der Waals surface area contributed by atoms with E-state index in [4.69, 9.17) is 0 Å². The molecular weight excluding hydrogens is 254 g/mol. The molecule has 0 amide bonds. The predicted molar refractivity (Wildman–Crippen MR) is 79.4 cm³/mol. The topological polar surface area (TPSA) is 30.7 Å². The molecule has 0 aliphatic heterocycles. The zero-order valence-corrected chi connectivity index (χ0v) is 11.6. The van der Waals surface area contributed by atoms with Gasteiger partial charge in [-0.1, -0.05) is 30.0 Å². The number of aromatic nitrogens is 3. The molecule has 0 aliphatic rings. The average Bonchev–Trinajstić information content (AvgIpc) is 2.78. The molecule has 0 radical (unpaired) electrons. The predicted octanol–water partition coefficient (Wildman–Crippen LogP) is 3.30. The molecule has 0 spiro atoms. The summed E-state index contributed by atoms with van der Waals surface area (Å²) in [5, 5.41) is 1.07. The first-order valence-corrected chi connectivity index (χ1v) is 7.27. The first-order valence-electron chi connectivity index (χ1n) is 6.29.